The van der Waals surface area contributed by atoms with E-state index in [2.05, 4.69) is 9.97 Å². The fraction of sp³-hybridized carbons (Fsp3) is 0.467. The van der Waals surface area contributed by atoms with Gasteiger partial charge >= 0.3 is 5.69 Å². The van der Waals surface area contributed by atoms with Crippen LogP contribution in [0.25, 0.3) is 11.0 Å². The molecule has 116 valence electrons. The van der Waals surface area contributed by atoms with Gasteiger partial charge in [0.15, 0.2) is 0 Å². The van der Waals surface area contributed by atoms with Crippen molar-refractivity contribution in [3.63, 3.8) is 0 Å². The number of nitrogens with zero attached hydrogens (tertiary/aromatic N) is 2. The van der Waals surface area contributed by atoms with E-state index in [1.165, 1.54) is 4.57 Å². The summed E-state index contributed by atoms with van der Waals surface area (Å²) in [5.41, 5.74) is 6.17. The number of hydrogen-bond acceptors (Lipinski definition) is 4. The molecule has 0 spiro atoms. The summed E-state index contributed by atoms with van der Waals surface area (Å²) >= 11 is 0. The maximum Gasteiger partial charge on any atom is 0.386 e. The molecule has 22 heavy (non-hydrogen) atoms. The number of nitriles is 1. The van der Waals surface area contributed by atoms with Crippen molar-refractivity contribution in [2.24, 2.45) is 0 Å². The van der Waals surface area contributed by atoms with Crippen molar-refractivity contribution < 1.29 is 4.98 Å². The number of H-pyrrole nitrogens is 2. The molecule has 0 saturated heterocycles. The smallest absolute Gasteiger partial charge is 0.318 e. The minimum absolute atomic E-state index is 0.0766. The van der Waals surface area contributed by atoms with Gasteiger partial charge in [0, 0.05) is 0 Å². The van der Waals surface area contributed by atoms with Crippen LogP contribution in [0.5, 0.6) is 0 Å². The van der Waals surface area contributed by atoms with Crippen molar-refractivity contribution >= 4 is 16.9 Å². The molecule has 0 fully saturated rings. The highest BCUT2D eigenvalue weighted by Crippen LogP contribution is 2.26. The van der Waals surface area contributed by atoms with Crippen molar-refractivity contribution in [3.05, 3.63) is 32.0 Å². The van der Waals surface area contributed by atoms with Gasteiger partial charge in [-0.3, -0.25) is 9.78 Å². The van der Waals surface area contributed by atoms with Gasteiger partial charge in [-0.2, -0.15) is 5.26 Å². The van der Waals surface area contributed by atoms with Crippen LogP contribution in [0.15, 0.2) is 9.59 Å². The first kappa shape index (κ1) is 15.8. The molecule has 7 heteroatoms. The van der Waals surface area contributed by atoms with E-state index in [0.29, 0.717) is 23.1 Å². The summed E-state index contributed by atoms with van der Waals surface area (Å²) in [6, 6.07) is 2.05. The number of hydrogen-bond donors (Lipinski definition) is 2. The molecule has 0 aliphatic rings. The average Bonchev–Trinajstić information content (AvgIpc) is 2.45. The van der Waals surface area contributed by atoms with Gasteiger partial charge in [-0.1, -0.05) is 27.2 Å². The van der Waals surface area contributed by atoms with Crippen LogP contribution in [-0.2, 0) is 6.54 Å². The Morgan fingerprint density at radius 1 is 1.41 bits per heavy atom. The molecule has 0 saturated carbocycles. The molecule has 0 bridgehead atoms. The predicted octanol–water partition coefficient (Wildman–Crippen LogP) is 0.881. The van der Waals surface area contributed by atoms with Crippen molar-refractivity contribution in [2.75, 3.05) is 5.73 Å². The topological polar surface area (TPSA) is 119 Å². The number of pyridine rings is 1. The third-order valence-corrected chi connectivity index (χ3v) is 3.68. The highest BCUT2D eigenvalue weighted by molar-refractivity contribution is 5.80. The number of aromatic amines is 2. The van der Waals surface area contributed by atoms with Crippen molar-refractivity contribution in [1.82, 2.24) is 9.55 Å². The van der Waals surface area contributed by atoms with Crippen molar-refractivity contribution in [1.29, 1.82) is 5.26 Å². The first-order chi connectivity index (χ1) is 10.4. The van der Waals surface area contributed by atoms with Crippen LogP contribution in [0.3, 0.4) is 0 Å². The van der Waals surface area contributed by atoms with Crippen molar-refractivity contribution in [2.45, 2.75) is 46.1 Å². The maximum atomic E-state index is 12.3. The van der Waals surface area contributed by atoms with E-state index in [4.69, 9.17) is 5.73 Å². The Kier molecular flexibility index (Phi) is 4.31. The summed E-state index contributed by atoms with van der Waals surface area (Å²) in [5, 5.41) is 9.66. The third-order valence-electron chi connectivity index (χ3n) is 3.68. The lowest BCUT2D eigenvalue weighted by Gasteiger charge is -2.12. The molecular formula is C15H20N5O2+. The lowest BCUT2D eigenvalue weighted by Crippen LogP contribution is -2.36. The molecule has 0 aliphatic heterocycles. The number of nitrogen functional groups attached to an aromatic ring is 1. The zero-order valence-electron chi connectivity index (χ0n) is 13.0. The fourth-order valence-corrected chi connectivity index (χ4v) is 2.64. The maximum absolute atomic E-state index is 12.3. The second-order valence-electron chi connectivity index (χ2n) is 5.58. The van der Waals surface area contributed by atoms with E-state index >= 15 is 0 Å². The zero-order valence-corrected chi connectivity index (χ0v) is 13.0. The third kappa shape index (κ3) is 2.48. The number of rotatable bonds is 4. The summed E-state index contributed by atoms with van der Waals surface area (Å²) in [6.45, 7) is 6.26. The van der Waals surface area contributed by atoms with Crippen LogP contribution in [0.2, 0.25) is 0 Å². The number of fused-ring (bicyclic) bond motifs is 1. The molecule has 2 aromatic heterocycles. The Labute approximate surface area is 127 Å². The Hall–Kier alpha value is -2.62. The van der Waals surface area contributed by atoms with E-state index in [1.54, 1.807) is 0 Å². The molecule has 0 atom stereocenters. The van der Waals surface area contributed by atoms with Gasteiger partial charge in [0.05, 0.1) is 6.54 Å². The molecule has 0 amide bonds. The Bertz CT molecular complexity index is 871. The molecule has 4 N–H and O–H groups in total. The second-order valence-corrected chi connectivity index (χ2v) is 5.58. The molecule has 2 aromatic rings. The van der Waals surface area contributed by atoms with Crippen LogP contribution in [-0.4, -0.2) is 9.55 Å². The van der Waals surface area contributed by atoms with Gasteiger partial charge in [-0.15, -0.1) is 0 Å². The molecule has 2 rings (SSSR count). The minimum atomic E-state index is -0.496. The zero-order chi connectivity index (χ0) is 16.4. The van der Waals surface area contributed by atoms with E-state index in [1.807, 2.05) is 26.8 Å². The molecule has 0 aliphatic carbocycles. The SMILES string of the molecule is CCCCn1c(=O)[nH]c(=O)c2c(C(C)C)c(C#N)c(N)[nH+]c21. The normalized spacial score (nSPS) is 11.0. The minimum Gasteiger partial charge on any atom is -0.318 e. The van der Waals surface area contributed by atoms with Crippen LogP contribution in [0.4, 0.5) is 5.82 Å². The molecule has 0 radical (unpaired) electrons. The lowest BCUT2D eigenvalue weighted by atomic mass is 9.95. The van der Waals surface area contributed by atoms with Gasteiger partial charge in [0.1, 0.15) is 17.0 Å². The molecular weight excluding hydrogens is 282 g/mol. The number of nitrogens with two attached hydrogens (primary N) is 1. The van der Waals surface area contributed by atoms with Gasteiger partial charge in [0.25, 0.3) is 5.56 Å². The van der Waals surface area contributed by atoms with Gasteiger partial charge in [0.2, 0.25) is 11.5 Å². The number of aryl methyl sites for hydroxylation is 1. The van der Waals surface area contributed by atoms with Gasteiger partial charge in [-0.25, -0.2) is 14.3 Å². The summed E-state index contributed by atoms with van der Waals surface area (Å²) in [5.74, 6) is 0.0984. The number of aromatic nitrogens is 3. The second kappa shape index (κ2) is 6.02. The summed E-state index contributed by atoms with van der Waals surface area (Å²) in [7, 11) is 0. The fourth-order valence-electron chi connectivity index (χ4n) is 2.64. The van der Waals surface area contributed by atoms with E-state index in [0.717, 1.165) is 12.8 Å². The molecule has 7 nitrogen and oxygen atoms in total. The Balaban J connectivity index is 3.01. The highest BCUT2D eigenvalue weighted by Gasteiger charge is 2.24. The summed E-state index contributed by atoms with van der Waals surface area (Å²) in [4.78, 5) is 29.6. The van der Waals surface area contributed by atoms with Crippen LogP contribution in [0.1, 0.15) is 50.7 Å². The van der Waals surface area contributed by atoms with Crippen LogP contribution < -0.4 is 22.0 Å². The number of unbranched alkanes of at least 4 members (excludes halogenated alkanes) is 1. The summed E-state index contributed by atoms with van der Waals surface area (Å²) < 4.78 is 1.48. The quantitative estimate of drug-likeness (QED) is 0.871. The number of anilines is 1. The van der Waals surface area contributed by atoms with Crippen LogP contribution >= 0.6 is 0 Å². The molecule has 0 unspecified atom stereocenters. The summed E-state index contributed by atoms with van der Waals surface area (Å²) in [6.07, 6.45) is 1.71. The standard InChI is InChI=1S/C15H19N5O2/c1-4-5-6-20-13-11(14(21)19-15(20)22)10(8(2)3)9(7-16)12(17)18-13/h8H,4-6H2,1-3H3,(H2,17,18)(H,19,21,22)/p+1. The Morgan fingerprint density at radius 3 is 2.64 bits per heavy atom. The van der Waals surface area contributed by atoms with E-state index in [-0.39, 0.29) is 17.3 Å². The van der Waals surface area contributed by atoms with Crippen LogP contribution in [0, 0.1) is 11.3 Å². The average molecular weight is 302 g/mol. The first-order valence-corrected chi connectivity index (χ1v) is 7.33. The Morgan fingerprint density at radius 2 is 2.09 bits per heavy atom. The van der Waals surface area contributed by atoms with Crippen molar-refractivity contribution in [3.8, 4) is 6.07 Å². The monoisotopic (exact) mass is 302 g/mol. The molecule has 0 aromatic carbocycles. The highest BCUT2D eigenvalue weighted by atomic mass is 16.2. The predicted molar refractivity (Wildman–Crippen MR) is 83.5 cm³/mol. The number of nitrogens with one attached hydrogen (secondary N) is 2. The molecule has 2 heterocycles. The van der Waals surface area contributed by atoms with Gasteiger partial charge in [-0.05, 0) is 17.9 Å². The van der Waals surface area contributed by atoms with E-state index in [9.17, 15) is 14.9 Å². The van der Waals surface area contributed by atoms with E-state index < -0.39 is 11.2 Å². The largest absolute Gasteiger partial charge is 0.386 e. The first-order valence-electron chi connectivity index (χ1n) is 7.33. The lowest BCUT2D eigenvalue weighted by molar-refractivity contribution is -0.332. The van der Waals surface area contributed by atoms with Gasteiger partial charge < -0.3 is 5.73 Å².